The minimum Gasteiger partial charge on any atom is -0.478 e. The van der Waals surface area contributed by atoms with Gasteiger partial charge in [0, 0.05) is 11.6 Å². The van der Waals surface area contributed by atoms with E-state index in [-0.39, 0.29) is 17.0 Å². The van der Waals surface area contributed by atoms with Gasteiger partial charge in [-0.2, -0.15) is 0 Å². The summed E-state index contributed by atoms with van der Waals surface area (Å²) >= 11 is 5.78. The van der Waals surface area contributed by atoms with Crippen molar-refractivity contribution in [2.75, 3.05) is 6.54 Å². The van der Waals surface area contributed by atoms with Gasteiger partial charge < -0.3 is 5.11 Å². The molecule has 0 atom stereocenters. The van der Waals surface area contributed by atoms with Crippen LogP contribution in [-0.4, -0.2) is 26.0 Å². The van der Waals surface area contributed by atoms with Crippen LogP contribution >= 0.6 is 11.6 Å². The van der Waals surface area contributed by atoms with Crippen molar-refractivity contribution in [3.8, 4) is 0 Å². The maximum Gasteiger partial charge on any atom is 0.335 e. The number of nitrogens with one attached hydrogen (secondary N) is 1. The largest absolute Gasteiger partial charge is 0.478 e. The molecule has 0 aliphatic rings. The monoisotopic (exact) mass is 339 g/mol. The second-order valence-corrected chi connectivity index (χ2v) is 6.81. The van der Waals surface area contributed by atoms with Crippen molar-refractivity contribution in [3.05, 3.63) is 64.7 Å². The number of halogens is 1. The molecule has 2 aromatic carbocycles. The fourth-order valence-electron chi connectivity index (χ4n) is 1.91. The maximum absolute atomic E-state index is 12.1. The summed E-state index contributed by atoms with van der Waals surface area (Å²) in [6.45, 7) is 0.165. The van der Waals surface area contributed by atoms with E-state index in [4.69, 9.17) is 16.7 Å². The number of carboxylic acids is 1. The quantitative estimate of drug-likeness (QED) is 0.847. The first-order chi connectivity index (χ1) is 10.4. The van der Waals surface area contributed by atoms with Crippen LogP contribution in [0.3, 0.4) is 0 Å². The summed E-state index contributed by atoms with van der Waals surface area (Å²) in [6.07, 6.45) is 0.390. The first-order valence-electron chi connectivity index (χ1n) is 6.46. The minimum absolute atomic E-state index is 0.0966. The van der Waals surface area contributed by atoms with Gasteiger partial charge in [0.15, 0.2) is 0 Å². The highest BCUT2D eigenvalue weighted by atomic mass is 35.5. The zero-order valence-electron chi connectivity index (χ0n) is 11.5. The van der Waals surface area contributed by atoms with Gasteiger partial charge in [0.1, 0.15) is 0 Å². The smallest absolute Gasteiger partial charge is 0.335 e. The average Bonchev–Trinajstić information content (AvgIpc) is 2.47. The zero-order valence-corrected chi connectivity index (χ0v) is 13.1. The highest BCUT2D eigenvalue weighted by Gasteiger charge is 2.13. The molecule has 0 unspecified atom stereocenters. The van der Waals surface area contributed by atoms with E-state index in [0.29, 0.717) is 11.4 Å². The van der Waals surface area contributed by atoms with Crippen molar-refractivity contribution in [3.63, 3.8) is 0 Å². The Bertz CT molecular complexity index is 790. The predicted octanol–water partition coefficient (Wildman–Crippen LogP) is 2.56. The Balaban J connectivity index is 2.01. The van der Waals surface area contributed by atoms with Crippen LogP contribution in [0.25, 0.3) is 0 Å². The van der Waals surface area contributed by atoms with E-state index >= 15 is 0 Å². The average molecular weight is 340 g/mol. The molecule has 0 amide bonds. The standard InChI is InChI=1S/C15H14ClNO4S/c16-13-5-2-6-14(10-13)22(20,21)17-8-7-11-3-1-4-12(9-11)15(18)19/h1-6,9-10,17H,7-8H2,(H,18,19). The van der Waals surface area contributed by atoms with Crippen LogP contribution < -0.4 is 4.72 Å². The lowest BCUT2D eigenvalue weighted by atomic mass is 10.1. The van der Waals surface area contributed by atoms with Crippen molar-refractivity contribution < 1.29 is 18.3 Å². The maximum atomic E-state index is 12.1. The third kappa shape index (κ3) is 4.30. The van der Waals surface area contributed by atoms with Gasteiger partial charge in [0.05, 0.1) is 10.5 Å². The summed E-state index contributed by atoms with van der Waals surface area (Å²) in [5.41, 5.74) is 0.920. The Morgan fingerprint density at radius 2 is 1.86 bits per heavy atom. The number of benzene rings is 2. The topological polar surface area (TPSA) is 83.5 Å². The molecule has 0 aliphatic carbocycles. The van der Waals surface area contributed by atoms with Gasteiger partial charge in [-0.15, -0.1) is 0 Å². The lowest BCUT2D eigenvalue weighted by molar-refractivity contribution is 0.0696. The molecule has 0 fully saturated rings. The third-order valence-corrected chi connectivity index (χ3v) is 4.68. The first kappa shape index (κ1) is 16.5. The van der Waals surface area contributed by atoms with Crippen molar-refractivity contribution in [2.24, 2.45) is 0 Å². The molecule has 0 bridgehead atoms. The van der Waals surface area contributed by atoms with Crippen molar-refractivity contribution >= 4 is 27.6 Å². The van der Waals surface area contributed by atoms with E-state index in [1.165, 1.54) is 24.3 Å². The van der Waals surface area contributed by atoms with E-state index in [9.17, 15) is 13.2 Å². The Labute approximate surface area is 133 Å². The van der Waals surface area contributed by atoms with Crippen LogP contribution in [0.1, 0.15) is 15.9 Å². The summed E-state index contributed by atoms with van der Waals surface area (Å²) in [6, 6.07) is 12.4. The van der Waals surface area contributed by atoms with Crippen molar-refractivity contribution in [2.45, 2.75) is 11.3 Å². The molecule has 2 N–H and O–H groups in total. The van der Waals surface area contributed by atoms with Crippen LogP contribution in [0.2, 0.25) is 5.02 Å². The zero-order chi connectivity index (χ0) is 16.2. The Morgan fingerprint density at radius 1 is 1.14 bits per heavy atom. The van der Waals surface area contributed by atoms with E-state index in [2.05, 4.69) is 4.72 Å². The molecule has 2 aromatic rings. The van der Waals surface area contributed by atoms with Gasteiger partial charge in [-0.25, -0.2) is 17.9 Å². The van der Waals surface area contributed by atoms with E-state index in [1.54, 1.807) is 24.3 Å². The Kier molecular flexibility index (Phi) is 5.18. The number of rotatable bonds is 6. The number of sulfonamides is 1. The summed E-state index contributed by atoms with van der Waals surface area (Å²) in [5.74, 6) is -1.01. The molecule has 0 heterocycles. The summed E-state index contributed by atoms with van der Waals surface area (Å²) in [7, 11) is -3.63. The lowest BCUT2D eigenvalue weighted by Crippen LogP contribution is -2.26. The molecular formula is C15H14ClNO4S. The molecule has 5 nitrogen and oxygen atoms in total. The van der Waals surface area contributed by atoms with Gasteiger partial charge in [-0.05, 0) is 42.3 Å². The third-order valence-electron chi connectivity index (χ3n) is 2.99. The second-order valence-electron chi connectivity index (χ2n) is 4.61. The number of aromatic carboxylic acids is 1. The van der Waals surface area contributed by atoms with Crippen LogP contribution in [0.4, 0.5) is 0 Å². The molecule has 0 aliphatic heterocycles. The second kappa shape index (κ2) is 6.91. The number of carboxylic acid groups (broad SMARTS) is 1. The summed E-state index contributed by atoms with van der Waals surface area (Å²) in [4.78, 5) is 11.0. The molecule has 2 rings (SSSR count). The number of carbonyl (C=O) groups is 1. The number of hydrogen-bond donors (Lipinski definition) is 2. The normalized spacial score (nSPS) is 11.3. The lowest BCUT2D eigenvalue weighted by Gasteiger charge is -2.07. The molecule has 116 valence electrons. The highest BCUT2D eigenvalue weighted by molar-refractivity contribution is 7.89. The van der Waals surface area contributed by atoms with Crippen LogP contribution in [0.15, 0.2) is 53.4 Å². The SMILES string of the molecule is O=C(O)c1cccc(CCNS(=O)(=O)c2cccc(Cl)c2)c1. The molecular weight excluding hydrogens is 326 g/mol. The van der Waals surface area contributed by atoms with Gasteiger partial charge in [0.25, 0.3) is 0 Å². The van der Waals surface area contributed by atoms with Gasteiger partial charge in [-0.3, -0.25) is 0 Å². The van der Waals surface area contributed by atoms with E-state index < -0.39 is 16.0 Å². The van der Waals surface area contributed by atoms with Crippen molar-refractivity contribution in [1.29, 1.82) is 0 Å². The molecule has 0 saturated heterocycles. The van der Waals surface area contributed by atoms with Gasteiger partial charge >= 0.3 is 5.97 Å². The van der Waals surface area contributed by atoms with Crippen LogP contribution in [0.5, 0.6) is 0 Å². The molecule has 22 heavy (non-hydrogen) atoms. The predicted molar refractivity (Wildman–Crippen MR) is 83.7 cm³/mol. The van der Waals surface area contributed by atoms with Gasteiger partial charge in [0.2, 0.25) is 10.0 Å². The molecule has 7 heteroatoms. The molecule has 0 spiro atoms. The first-order valence-corrected chi connectivity index (χ1v) is 8.32. The fraction of sp³-hybridized carbons (Fsp3) is 0.133. The Hall–Kier alpha value is -1.89. The van der Waals surface area contributed by atoms with Gasteiger partial charge in [-0.1, -0.05) is 29.8 Å². The van der Waals surface area contributed by atoms with Crippen molar-refractivity contribution in [1.82, 2.24) is 4.72 Å². The molecule has 0 aromatic heterocycles. The molecule has 0 radical (unpaired) electrons. The van der Waals surface area contributed by atoms with Crippen LogP contribution in [0, 0.1) is 0 Å². The molecule has 0 saturated carbocycles. The highest BCUT2D eigenvalue weighted by Crippen LogP contribution is 2.15. The van der Waals surface area contributed by atoms with E-state index in [0.717, 1.165) is 5.56 Å². The van der Waals surface area contributed by atoms with E-state index in [1.807, 2.05) is 0 Å². The Morgan fingerprint density at radius 3 is 2.55 bits per heavy atom. The summed E-state index contributed by atoms with van der Waals surface area (Å²) < 4.78 is 26.6. The fourth-order valence-corrected chi connectivity index (χ4v) is 3.24. The minimum atomic E-state index is -3.63. The number of hydrogen-bond acceptors (Lipinski definition) is 3. The van der Waals surface area contributed by atoms with Crippen LogP contribution in [-0.2, 0) is 16.4 Å². The summed E-state index contributed by atoms with van der Waals surface area (Å²) in [5, 5.41) is 9.26.